The highest BCUT2D eigenvalue weighted by Crippen LogP contribution is 2.26. The lowest BCUT2D eigenvalue weighted by Crippen LogP contribution is -2.50. The molecule has 0 spiro atoms. The molecule has 1 aliphatic rings. The van der Waals surface area contributed by atoms with E-state index < -0.39 is 40.5 Å². The van der Waals surface area contributed by atoms with Crippen molar-refractivity contribution in [2.75, 3.05) is 13.1 Å². The van der Waals surface area contributed by atoms with Crippen LogP contribution in [0.3, 0.4) is 0 Å². The molecule has 2 aromatic rings. The maximum atomic E-state index is 12.9. The second-order valence-electron chi connectivity index (χ2n) is 6.60. The Labute approximate surface area is 174 Å². The fraction of sp³-hybridized carbons (Fsp3) is 0.190. The van der Waals surface area contributed by atoms with Gasteiger partial charge in [0.05, 0.1) is 23.3 Å². The zero-order valence-corrected chi connectivity index (χ0v) is 16.9. The second kappa shape index (κ2) is 8.70. The number of hydrogen-bond acceptors (Lipinski definition) is 6. The minimum Gasteiger partial charge on any atom is -0.389 e. The quantitative estimate of drug-likeness (QED) is 0.480. The predicted octanol–water partition coefficient (Wildman–Crippen LogP) is 1.47. The van der Waals surface area contributed by atoms with E-state index in [1.165, 1.54) is 42.6 Å². The van der Waals surface area contributed by atoms with Crippen molar-refractivity contribution >= 4 is 21.8 Å². The summed E-state index contributed by atoms with van der Waals surface area (Å²) in [5.74, 6) is -1.13. The van der Waals surface area contributed by atoms with Crippen molar-refractivity contribution in [1.82, 2.24) is 14.2 Å². The van der Waals surface area contributed by atoms with Gasteiger partial charge < -0.3 is 5.11 Å². The SMILES string of the molecule is C=CCN(C[C@H](O)[C@H](C=C)N1C(=O)c2ccccc2C1=O)S(=O)(=O)c1ccccn1. The fourth-order valence-electron chi connectivity index (χ4n) is 3.28. The van der Waals surface area contributed by atoms with Gasteiger partial charge in [0.25, 0.3) is 21.8 Å². The average Bonchev–Trinajstić information content (AvgIpc) is 3.00. The van der Waals surface area contributed by atoms with Gasteiger partial charge in [-0.1, -0.05) is 30.4 Å². The first-order valence-electron chi connectivity index (χ1n) is 9.12. The molecule has 3 rings (SSSR count). The number of carbonyl (C=O) groups is 2. The fourth-order valence-corrected chi connectivity index (χ4v) is 4.64. The summed E-state index contributed by atoms with van der Waals surface area (Å²) in [5, 5.41) is 10.6. The largest absolute Gasteiger partial charge is 0.389 e. The average molecular weight is 427 g/mol. The number of nitrogens with zero attached hydrogens (tertiary/aromatic N) is 3. The lowest BCUT2D eigenvalue weighted by molar-refractivity contribution is 0.0399. The van der Waals surface area contributed by atoms with Crippen LogP contribution in [0.15, 0.2) is 79.0 Å². The smallest absolute Gasteiger partial charge is 0.262 e. The van der Waals surface area contributed by atoms with Gasteiger partial charge in [0.1, 0.15) is 0 Å². The number of sulfonamides is 1. The number of aliphatic hydroxyl groups is 1. The Balaban J connectivity index is 1.87. The highest BCUT2D eigenvalue weighted by Gasteiger charge is 2.42. The normalized spacial score (nSPS) is 15.7. The van der Waals surface area contributed by atoms with Crippen molar-refractivity contribution in [3.05, 3.63) is 85.1 Å². The molecule has 0 fully saturated rings. The van der Waals surface area contributed by atoms with Crippen molar-refractivity contribution < 1.29 is 23.1 Å². The Bertz CT molecular complexity index is 1050. The number of benzene rings is 1. The molecule has 0 saturated heterocycles. The van der Waals surface area contributed by atoms with Gasteiger partial charge >= 0.3 is 0 Å². The monoisotopic (exact) mass is 427 g/mol. The number of pyridine rings is 1. The Kier molecular flexibility index (Phi) is 6.25. The molecule has 0 bridgehead atoms. The summed E-state index contributed by atoms with van der Waals surface area (Å²) in [6.07, 6.45) is 2.56. The standard InChI is InChI=1S/C21H21N3O5S/c1-3-13-23(30(28,29)19-11-7-8-12-22-19)14-18(25)17(4-2)24-20(26)15-9-5-6-10-16(15)21(24)27/h3-12,17-18,25H,1-2,13-14H2/t17-,18-/m0/s1. The van der Waals surface area contributed by atoms with E-state index in [9.17, 15) is 23.1 Å². The van der Waals surface area contributed by atoms with Crippen LogP contribution in [0.25, 0.3) is 0 Å². The molecule has 1 aromatic heterocycles. The molecule has 2 amide bonds. The molecule has 30 heavy (non-hydrogen) atoms. The number of carbonyl (C=O) groups excluding carboxylic acids is 2. The molecular formula is C21H21N3O5S. The summed E-state index contributed by atoms with van der Waals surface area (Å²) in [5.41, 5.74) is 0.455. The highest BCUT2D eigenvalue weighted by atomic mass is 32.2. The van der Waals surface area contributed by atoms with Crippen molar-refractivity contribution in [2.45, 2.75) is 17.2 Å². The molecule has 2 heterocycles. The first-order valence-corrected chi connectivity index (χ1v) is 10.6. The first-order chi connectivity index (χ1) is 14.3. The first kappa shape index (κ1) is 21.6. The summed E-state index contributed by atoms with van der Waals surface area (Å²) in [6, 6.07) is 9.66. The number of imide groups is 1. The van der Waals surface area contributed by atoms with Crippen molar-refractivity contribution in [3.8, 4) is 0 Å². The molecule has 8 nitrogen and oxygen atoms in total. The van der Waals surface area contributed by atoms with Crippen LogP contribution in [-0.4, -0.2) is 64.8 Å². The summed E-state index contributed by atoms with van der Waals surface area (Å²) in [7, 11) is -4.04. The molecule has 0 aliphatic carbocycles. The van der Waals surface area contributed by atoms with Gasteiger partial charge in [-0.25, -0.2) is 13.4 Å². The van der Waals surface area contributed by atoms with Crippen molar-refractivity contribution in [2.24, 2.45) is 0 Å². The summed E-state index contributed by atoms with van der Waals surface area (Å²) in [4.78, 5) is 30.2. The molecule has 156 valence electrons. The third kappa shape index (κ3) is 3.82. The van der Waals surface area contributed by atoms with Crippen molar-refractivity contribution in [1.29, 1.82) is 0 Å². The van der Waals surface area contributed by atoms with Crippen LogP contribution < -0.4 is 0 Å². The number of aliphatic hydroxyl groups excluding tert-OH is 1. The molecular weight excluding hydrogens is 406 g/mol. The minimum atomic E-state index is -4.04. The van der Waals surface area contributed by atoms with Crippen LogP contribution in [0.5, 0.6) is 0 Å². The Morgan fingerprint density at radius 3 is 2.17 bits per heavy atom. The third-order valence-electron chi connectivity index (χ3n) is 4.72. The van der Waals surface area contributed by atoms with Gasteiger partial charge in [0.15, 0.2) is 5.03 Å². The number of fused-ring (bicyclic) bond motifs is 1. The second-order valence-corrected chi connectivity index (χ2v) is 8.48. The number of hydrogen-bond donors (Lipinski definition) is 1. The van der Waals surface area contributed by atoms with Crippen LogP contribution in [0, 0.1) is 0 Å². The van der Waals surface area contributed by atoms with E-state index in [0.29, 0.717) is 0 Å². The third-order valence-corrected chi connectivity index (χ3v) is 6.47. The lowest BCUT2D eigenvalue weighted by atomic mass is 10.1. The molecule has 0 radical (unpaired) electrons. The summed E-state index contributed by atoms with van der Waals surface area (Å²) in [6.45, 7) is 6.70. The van der Waals surface area contributed by atoms with E-state index in [0.717, 1.165) is 9.21 Å². The van der Waals surface area contributed by atoms with Gasteiger partial charge in [-0.05, 0) is 24.3 Å². The topological polar surface area (TPSA) is 108 Å². The van der Waals surface area contributed by atoms with E-state index in [-0.39, 0.29) is 22.7 Å². The molecule has 9 heteroatoms. The molecule has 0 unspecified atom stereocenters. The number of amides is 2. The molecule has 1 aliphatic heterocycles. The zero-order chi connectivity index (χ0) is 21.9. The van der Waals surface area contributed by atoms with Gasteiger partial charge in [0, 0.05) is 19.3 Å². The Morgan fingerprint density at radius 2 is 1.67 bits per heavy atom. The van der Waals surface area contributed by atoms with Crippen molar-refractivity contribution in [3.63, 3.8) is 0 Å². The van der Waals surface area contributed by atoms with E-state index in [4.69, 9.17) is 0 Å². The summed E-state index contributed by atoms with van der Waals surface area (Å²) < 4.78 is 26.8. The minimum absolute atomic E-state index is 0.0953. The number of aromatic nitrogens is 1. The molecule has 2 atom stereocenters. The van der Waals surface area contributed by atoms with Crippen LogP contribution in [0.1, 0.15) is 20.7 Å². The van der Waals surface area contributed by atoms with E-state index in [2.05, 4.69) is 18.1 Å². The Hall–Kier alpha value is -3.14. The van der Waals surface area contributed by atoms with Gasteiger partial charge in [-0.2, -0.15) is 4.31 Å². The van der Waals surface area contributed by atoms with Crippen LogP contribution >= 0.6 is 0 Å². The van der Waals surface area contributed by atoms with Crippen LogP contribution in [0.2, 0.25) is 0 Å². The van der Waals surface area contributed by atoms with E-state index in [1.54, 1.807) is 18.2 Å². The maximum Gasteiger partial charge on any atom is 0.262 e. The maximum absolute atomic E-state index is 12.9. The highest BCUT2D eigenvalue weighted by molar-refractivity contribution is 7.89. The van der Waals surface area contributed by atoms with Gasteiger partial charge in [-0.15, -0.1) is 13.2 Å². The van der Waals surface area contributed by atoms with Gasteiger partial charge in [-0.3, -0.25) is 14.5 Å². The predicted molar refractivity (Wildman–Crippen MR) is 110 cm³/mol. The van der Waals surface area contributed by atoms with Gasteiger partial charge in [0.2, 0.25) is 0 Å². The lowest BCUT2D eigenvalue weighted by Gasteiger charge is -2.31. The zero-order valence-electron chi connectivity index (χ0n) is 16.1. The van der Waals surface area contributed by atoms with Crippen LogP contribution in [0.4, 0.5) is 0 Å². The number of rotatable bonds is 9. The Morgan fingerprint density at radius 1 is 1.07 bits per heavy atom. The molecule has 0 saturated carbocycles. The molecule has 1 N–H and O–H groups in total. The van der Waals surface area contributed by atoms with E-state index in [1.807, 2.05) is 0 Å². The summed E-state index contributed by atoms with van der Waals surface area (Å²) >= 11 is 0. The molecule has 1 aromatic carbocycles. The van der Waals surface area contributed by atoms with Crippen LogP contribution in [-0.2, 0) is 10.0 Å². The van der Waals surface area contributed by atoms with E-state index >= 15 is 0 Å².